The van der Waals surface area contributed by atoms with E-state index in [-0.39, 0.29) is 5.91 Å². The molecule has 1 N–H and O–H groups in total. The van der Waals surface area contributed by atoms with Crippen molar-refractivity contribution < 1.29 is 4.79 Å². The summed E-state index contributed by atoms with van der Waals surface area (Å²) in [6.07, 6.45) is 8.49. The highest BCUT2D eigenvalue weighted by Gasteiger charge is 2.23. The molecule has 0 unspecified atom stereocenters. The Hall–Kier alpha value is -1.31. The second-order valence-electron chi connectivity index (χ2n) is 6.18. The van der Waals surface area contributed by atoms with E-state index >= 15 is 0 Å². The van der Waals surface area contributed by atoms with E-state index in [4.69, 9.17) is 0 Å². The van der Waals surface area contributed by atoms with Crippen LogP contribution >= 0.6 is 0 Å². The molecule has 0 bridgehead atoms. The summed E-state index contributed by atoms with van der Waals surface area (Å²) in [6.45, 7) is 2.26. The number of benzene rings is 1. The molecule has 1 aromatic rings. The predicted molar refractivity (Wildman–Crippen MR) is 77.4 cm³/mol. The zero-order chi connectivity index (χ0) is 13.2. The summed E-state index contributed by atoms with van der Waals surface area (Å²) in [5.41, 5.74) is 3.66. The summed E-state index contributed by atoms with van der Waals surface area (Å²) in [7, 11) is 0. The maximum Gasteiger partial charge on any atom is 0.251 e. The van der Waals surface area contributed by atoms with E-state index in [2.05, 4.69) is 24.4 Å². The van der Waals surface area contributed by atoms with Crippen LogP contribution in [0.25, 0.3) is 0 Å². The Morgan fingerprint density at radius 2 is 1.89 bits per heavy atom. The van der Waals surface area contributed by atoms with Crippen LogP contribution in [0.4, 0.5) is 0 Å². The minimum Gasteiger partial charge on any atom is -0.349 e. The van der Waals surface area contributed by atoms with E-state index in [1.54, 1.807) is 0 Å². The summed E-state index contributed by atoms with van der Waals surface area (Å²) < 4.78 is 0. The molecule has 1 fully saturated rings. The normalized spacial score (nSPS) is 25.9. The topological polar surface area (TPSA) is 29.1 Å². The van der Waals surface area contributed by atoms with Gasteiger partial charge in [0, 0.05) is 11.6 Å². The lowest BCUT2D eigenvalue weighted by molar-refractivity contribution is 0.0910. The Morgan fingerprint density at radius 1 is 1.11 bits per heavy atom. The Bertz CT molecular complexity index is 480. The van der Waals surface area contributed by atoms with Gasteiger partial charge >= 0.3 is 0 Å². The van der Waals surface area contributed by atoms with Crippen molar-refractivity contribution in [3.63, 3.8) is 0 Å². The Kier molecular flexibility index (Phi) is 3.58. The van der Waals surface area contributed by atoms with Gasteiger partial charge in [-0.2, -0.15) is 0 Å². The van der Waals surface area contributed by atoms with Crippen LogP contribution in [-0.2, 0) is 12.8 Å². The standard InChI is InChI=1S/C17H23NO/c1-12-5-2-3-8-16(12)18-17(19)15-10-9-13-6-4-7-14(13)11-15/h9-12,16H,2-8H2,1H3,(H,18,19)/t12-,16-/m1/s1. The van der Waals surface area contributed by atoms with E-state index in [0.29, 0.717) is 12.0 Å². The third-order valence-electron chi connectivity index (χ3n) is 4.79. The molecule has 1 amide bonds. The minimum atomic E-state index is 0.119. The molecule has 2 atom stereocenters. The second-order valence-corrected chi connectivity index (χ2v) is 6.18. The molecule has 0 aliphatic heterocycles. The fraction of sp³-hybridized carbons (Fsp3) is 0.588. The largest absolute Gasteiger partial charge is 0.349 e. The number of aryl methyl sites for hydroxylation is 2. The number of carbonyl (C=O) groups is 1. The first-order valence-electron chi connectivity index (χ1n) is 7.67. The number of nitrogens with one attached hydrogen (secondary N) is 1. The first kappa shape index (κ1) is 12.7. The van der Waals surface area contributed by atoms with Crippen LogP contribution in [0.15, 0.2) is 18.2 Å². The molecule has 0 aromatic heterocycles. The van der Waals surface area contributed by atoms with Crippen molar-refractivity contribution in [2.45, 2.75) is 57.9 Å². The van der Waals surface area contributed by atoms with Crippen molar-refractivity contribution in [3.05, 3.63) is 34.9 Å². The molecule has 0 radical (unpaired) electrons. The van der Waals surface area contributed by atoms with E-state index in [1.807, 2.05) is 6.07 Å². The van der Waals surface area contributed by atoms with Gasteiger partial charge in [0.2, 0.25) is 0 Å². The average Bonchev–Trinajstić information content (AvgIpc) is 2.88. The molecule has 1 saturated carbocycles. The number of rotatable bonds is 2. The van der Waals surface area contributed by atoms with Gasteiger partial charge in [-0.25, -0.2) is 0 Å². The lowest BCUT2D eigenvalue weighted by Gasteiger charge is -2.29. The molecule has 19 heavy (non-hydrogen) atoms. The summed E-state index contributed by atoms with van der Waals surface area (Å²) in [5.74, 6) is 0.737. The van der Waals surface area contributed by atoms with Crippen LogP contribution in [0, 0.1) is 5.92 Å². The van der Waals surface area contributed by atoms with Gasteiger partial charge in [-0.1, -0.05) is 25.8 Å². The van der Waals surface area contributed by atoms with Crippen molar-refractivity contribution in [1.29, 1.82) is 0 Å². The van der Waals surface area contributed by atoms with Crippen molar-refractivity contribution in [1.82, 2.24) is 5.32 Å². The first-order valence-corrected chi connectivity index (χ1v) is 7.67. The Labute approximate surface area is 115 Å². The van der Waals surface area contributed by atoms with E-state index < -0.39 is 0 Å². The molecule has 0 heterocycles. The fourth-order valence-electron chi connectivity index (χ4n) is 3.50. The third kappa shape index (κ3) is 2.68. The average molecular weight is 257 g/mol. The molecule has 3 rings (SSSR count). The summed E-state index contributed by atoms with van der Waals surface area (Å²) in [6, 6.07) is 6.61. The quantitative estimate of drug-likeness (QED) is 0.863. The van der Waals surface area contributed by atoms with Gasteiger partial charge in [-0.05, 0) is 61.3 Å². The summed E-state index contributed by atoms with van der Waals surface area (Å²) in [4.78, 5) is 12.3. The Morgan fingerprint density at radius 3 is 2.74 bits per heavy atom. The number of amides is 1. The number of hydrogen-bond donors (Lipinski definition) is 1. The van der Waals surface area contributed by atoms with Crippen molar-refractivity contribution in [2.75, 3.05) is 0 Å². The smallest absolute Gasteiger partial charge is 0.251 e. The van der Waals surface area contributed by atoms with Crippen LogP contribution in [0.5, 0.6) is 0 Å². The van der Waals surface area contributed by atoms with Crippen molar-refractivity contribution >= 4 is 5.91 Å². The highest BCUT2D eigenvalue weighted by Crippen LogP contribution is 2.25. The molecule has 2 nitrogen and oxygen atoms in total. The predicted octanol–water partition coefficient (Wildman–Crippen LogP) is 3.48. The number of fused-ring (bicyclic) bond motifs is 1. The van der Waals surface area contributed by atoms with Gasteiger partial charge in [0.25, 0.3) is 5.91 Å². The molecule has 0 saturated heterocycles. The molecule has 0 spiro atoms. The fourth-order valence-corrected chi connectivity index (χ4v) is 3.50. The summed E-state index contributed by atoms with van der Waals surface area (Å²) in [5, 5.41) is 3.24. The molecule has 2 heteroatoms. The maximum absolute atomic E-state index is 12.3. The molecule has 1 aromatic carbocycles. The third-order valence-corrected chi connectivity index (χ3v) is 4.79. The lowest BCUT2D eigenvalue weighted by Crippen LogP contribution is -2.41. The molecular weight excluding hydrogens is 234 g/mol. The van der Waals surface area contributed by atoms with E-state index in [0.717, 1.165) is 18.4 Å². The molecular formula is C17H23NO. The zero-order valence-corrected chi connectivity index (χ0v) is 11.7. The molecule has 2 aliphatic carbocycles. The van der Waals surface area contributed by atoms with Gasteiger partial charge in [0.15, 0.2) is 0 Å². The van der Waals surface area contributed by atoms with Crippen LogP contribution in [0.1, 0.15) is 60.5 Å². The monoisotopic (exact) mass is 257 g/mol. The summed E-state index contributed by atoms with van der Waals surface area (Å²) >= 11 is 0. The van der Waals surface area contributed by atoms with Gasteiger partial charge in [-0.15, -0.1) is 0 Å². The number of hydrogen-bond acceptors (Lipinski definition) is 1. The van der Waals surface area contributed by atoms with Gasteiger partial charge in [0.05, 0.1) is 0 Å². The zero-order valence-electron chi connectivity index (χ0n) is 11.7. The highest BCUT2D eigenvalue weighted by atomic mass is 16.1. The minimum absolute atomic E-state index is 0.119. The van der Waals surface area contributed by atoms with Gasteiger partial charge in [0.1, 0.15) is 0 Å². The molecule has 102 valence electrons. The maximum atomic E-state index is 12.3. The second kappa shape index (κ2) is 5.36. The van der Waals surface area contributed by atoms with Crippen LogP contribution in [0.2, 0.25) is 0 Å². The van der Waals surface area contributed by atoms with Crippen molar-refractivity contribution in [2.24, 2.45) is 5.92 Å². The SMILES string of the molecule is C[C@@H]1CCCC[C@H]1NC(=O)c1ccc2c(c1)CCC2. The highest BCUT2D eigenvalue weighted by molar-refractivity contribution is 5.94. The Balaban J connectivity index is 1.70. The van der Waals surface area contributed by atoms with Crippen LogP contribution < -0.4 is 5.32 Å². The first-order chi connectivity index (χ1) is 9.24. The van der Waals surface area contributed by atoms with Gasteiger partial charge in [-0.3, -0.25) is 4.79 Å². The molecule has 2 aliphatic rings. The lowest BCUT2D eigenvalue weighted by atomic mass is 9.86. The van der Waals surface area contributed by atoms with Crippen molar-refractivity contribution in [3.8, 4) is 0 Å². The van der Waals surface area contributed by atoms with Crippen LogP contribution in [-0.4, -0.2) is 11.9 Å². The van der Waals surface area contributed by atoms with Gasteiger partial charge < -0.3 is 5.32 Å². The van der Waals surface area contributed by atoms with E-state index in [1.165, 1.54) is 43.2 Å². The van der Waals surface area contributed by atoms with Crippen LogP contribution in [0.3, 0.4) is 0 Å². The number of carbonyl (C=O) groups excluding carboxylic acids is 1. The van der Waals surface area contributed by atoms with E-state index in [9.17, 15) is 4.79 Å².